The maximum atomic E-state index is 11.3. The first-order chi connectivity index (χ1) is 6.74. The van der Waals surface area contributed by atoms with Crippen molar-refractivity contribution in [3.63, 3.8) is 0 Å². The second kappa shape index (κ2) is 5.81. The van der Waals surface area contributed by atoms with E-state index in [1.807, 2.05) is 13.2 Å². The van der Waals surface area contributed by atoms with Crippen LogP contribution in [0.4, 0.5) is 0 Å². The summed E-state index contributed by atoms with van der Waals surface area (Å²) >= 11 is 0. The van der Waals surface area contributed by atoms with Gasteiger partial charge in [-0.25, -0.2) is 0 Å². The lowest BCUT2D eigenvalue weighted by Gasteiger charge is -2.26. The second-order valence-electron chi connectivity index (χ2n) is 3.85. The van der Waals surface area contributed by atoms with E-state index in [-0.39, 0.29) is 5.78 Å². The van der Waals surface area contributed by atoms with Crippen LogP contribution >= 0.6 is 0 Å². The molecule has 0 atom stereocenters. The zero-order valence-electron chi connectivity index (χ0n) is 9.18. The standard InChI is InChI=1S/C11H20N2O/c1-10(14)11(8-12-2)9-13-6-4-3-5-7-13/h8,12H,3-7,9H2,1-2H3/b11-8-. The lowest BCUT2D eigenvalue weighted by molar-refractivity contribution is -0.113. The maximum absolute atomic E-state index is 11.3. The molecule has 80 valence electrons. The fraction of sp³-hybridized carbons (Fsp3) is 0.727. The first-order valence-corrected chi connectivity index (χ1v) is 5.33. The van der Waals surface area contributed by atoms with Gasteiger partial charge < -0.3 is 5.32 Å². The Morgan fingerprint density at radius 2 is 2.00 bits per heavy atom. The summed E-state index contributed by atoms with van der Waals surface area (Å²) in [6, 6.07) is 0. The van der Waals surface area contributed by atoms with Gasteiger partial charge in [0.1, 0.15) is 0 Å². The predicted octanol–water partition coefficient (Wildman–Crippen LogP) is 1.16. The number of hydrogen-bond donors (Lipinski definition) is 1. The summed E-state index contributed by atoms with van der Waals surface area (Å²) in [5, 5.41) is 2.93. The Morgan fingerprint density at radius 3 is 2.50 bits per heavy atom. The van der Waals surface area contributed by atoms with Crippen LogP contribution in [0.2, 0.25) is 0 Å². The van der Waals surface area contributed by atoms with Crippen molar-refractivity contribution >= 4 is 5.78 Å². The second-order valence-corrected chi connectivity index (χ2v) is 3.85. The Kier molecular flexibility index (Phi) is 4.66. The highest BCUT2D eigenvalue weighted by molar-refractivity contribution is 5.93. The molecule has 1 N–H and O–H groups in total. The molecule has 1 aliphatic heterocycles. The molecule has 0 saturated carbocycles. The maximum Gasteiger partial charge on any atom is 0.158 e. The van der Waals surface area contributed by atoms with Crippen molar-refractivity contribution in [3.8, 4) is 0 Å². The highest BCUT2D eigenvalue weighted by atomic mass is 16.1. The average Bonchev–Trinajstić information content (AvgIpc) is 2.18. The predicted molar refractivity (Wildman–Crippen MR) is 58.1 cm³/mol. The number of carbonyl (C=O) groups is 1. The van der Waals surface area contributed by atoms with Gasteiger partial charge in [-0.3, -0.25) is 9.69 Å². The molecule has 3 heteroatoms. The number of rotatable bonds is 4. The molecule has 1 rings (SSSR count). The Balaban J connectivity index is 2.46. The molecule has 0 radical (unpaired) electrons. The molecule has 0 spiro atoms. The van der Waals surface area contributed by atoms with Gasteiger partial charge in [-0.15, -0.1) is 0 Å². The third-order valence-electron chi connectivity index (χ3n) is 2.61. The number of Topliss-reactive ketones (excluding diaryl/α,β-unsaturated/α-hetero) is 1. The summed E-state index contributed by atoms with van der Waals surface area (Å²) in [4.78, 5) is 13.6. The minimum absolute atomic E-state index is 0.171. The van der Waals surface area contributed by atoms with Crippen LogP contribution in [-0.4, -0.2) is 37.4 Å². The molecule has 0 bridgehead atoms. The van der Waals surface area contributed by atoms with Crippen LogP contribution in [0.25, 0.3) is 0 Å². The molecule has 0 aromatic rings. The third-order valence-corrected chi connectivity index (χ3v) is 2.61. The van der Waals surface area contributed by atoms with Gasteiger partial charge in [-0.05, 0) is 32.9 Å². The van der Waals surface area contributed by atoms with Gasteiger partial charge in [0.2, 0.25) is 0 Å². The molecule has 0 unspecified atom stereocenters. The monoisotopic (exact) mass is 196 g/mol. The molecule has 3 nitrogen and oxygen atoms in total. The molecular weight excluding hydrogens is 176 g/mol. The van der Waals surface area contributed by atoms with Crippen LogP contribution in [0.1, 0.15) is 26.2 Å². The largest absolute Gasteiger partial charge is 0.394 e. The number of nitrogens with one attached hydrogen (secondary N) is 1. The van der Waals surface area contributed by atoms with E-state index in [0.717, 1.165) is 25.2 Å². The van der Waals surface area contributed by atoms with Crippen LogP contribution in [0, 0.1) is 0 Å². The molecule has 0 aromatic heterocycles. The summed E-state index contributed by atoms with van der Waals surface area (Å²) in [6.07, 6.45) is 5.69. The number of piperidine rings is 1. The first-order valence-electron chi connectivity index (χ1n) is 5.33. The molecular formula is C11H20N2O. The summed E-state index contributed by atoms with van der Waals surface area (Å²) in [5.74, 6) is 0.171. The number of nitrogens with zero attached hydrogens (tertiary/aromatic N) is 1. The fourth-order valence-corrected chi connectivity index (χ4v) is 1.79. The van der Waals surface area contributed by atoms with Crippen molar-refractivity contribution in [2.24, 2.45) is 0 Å². The van der Waals surface area contributed by atoms with Crippen molar-refractivity contribution < 1.29 is 4.79 Å². The first kappa shape index (κ1) is 11.2. The van der Waals surface area contributed by atoms with Gasteiger partial charge >= 0.3 is 0 Å². The number of hydrogen-bond acceptors (Lipinski definition) is 3. The Hall–Kier alpha value is -0.830. The van der Waals surface area contributed by atoms with Gasteiger partial charge in [0.25, 0.3) is 0 Å². The van der Waals surface area contributed by atoms with Gasteiger partial charge in [0.05, 0.1) is 0 Å². The smallest absolute Gasteiger partial charge is 0.158 e. The van der Waals surface area contributed by atoms with Crippen LogP contribution < -0.4 is 5.32 Å². The van der Waals surface area contributed by atoms with E-state index in [1.165, 1.54) is 19.3 Å². The lowest BCUT2D eigenvalue weighted by Crippen LogP contribution is -2.33. The minimum atomic E-state index is 0.171. The zero-order valence-corrected chi connectivity index (χ0v) is 9.18. The fourth-order valence-electron chi connectivity index (χ4n) is 1.79. The summed E-state index contributed by atoms with van der Waals surface area (Å²) < 4.78 is 0. The van der Waals surface area contributed by atoms with Crippen LogP contribution in [0.15, 0.2) is 11.8 Å². The Morgan fingerprint density at radius 1 is 1.36 bits per heavy atom. The summed E-state index contributed by atoms with van der Waals surface area (Å²) in [5.41, 5.74) is 0.884. The van der Waals surface area contributed by atoms with Crippen molar-refractivity contribution in [3.05, 3.63) is 11.8 Å². The van der Waals surface area contributed by atoms with E-state index in [2.05, 4.69) is 10.2 Å². The van der Waals surface area contributed by atoms with Crippen molar-refractivity contribution in [2.45, 2.75) is 26.2 Å². The van der Waals surface area contributed by atoms with E-state index in [1.54, 1.807) is 6.92 Å². The SMILES string of the molecule is CN/C=C(/CN1CCCCC1)C(C)=O. The normalized spacial score (nSPS) is 19.4. The van der Waals surface area contributed by atoms with Gasteiger partial charge in [0.15, 0.2) is 5.78 Å². The van der Waals surface area contributed by atoms with E-state index in [9.17, 15) is 4.79 Å². The van der Waals surface area contributed by atoms with Gasteiger partial charge in [-0.2, -0.15) is 0 Å². The molecule has 1 fully saturated rings. The molecule has 0 amide bonds. The van der Waals surface area contributed by atoms with Crippen molar-refractivity contribution in [2.75, 3.05) is 26.7 Å². The summed E-state index contributed by atoms with van der Waals surface area (Å²) in [6.45, 7) is 4.70. The Labute approximate surface area is 86.2 Å². The van der Waals surface area contributed by atoms with E-state index < -0.39 is 0 Å². The lowest BCUT2D eigenvalue weighted by atomic mass is 10.1. The minimum Gasteiger partial charge on any atom is -0.394 e. The van der Waals surface area contributed by atoms with E-state index in [0.29, 0.717) is 0 Å². The van der Waals surface area contributed by atoms with Crippen molar-refractivity contribution in [1.82, 2.24) is 10.2 Å². The highest BCUT2D eigenvalue weighted by Crippen LogP contribution is 2.10. The molecule has 1 saturated heterocycles. The zero-order chi connectivity index (χ0) is 10.4. The third kappa shape index (κ3) is 3.50. The molecule has 14 heavy (non-hydrogen) atoms. The van der Waals surface area contributed by atoms with E-state index in [4.69, 9.17) is 0 Å². The molecule has 1 heterocycles. The number of ketones is 1. The molecule has 1 aliphatic rings. The van der Waals surface area contributed by atoms with Gasteiger partial charge in [-0.1, -0.05) is 6.42 Å². The molecule has 0 aromatic carbocycles. The average molecular weight is 196 g/mol. The van der Waals surface area contributed by atoms with E-state index >= 15 is 0 Å². The van der Waals surface area contributed by atoms with Crippen LogP contribution in [0.3, 0.4) is 0 Å². The Bertz CT molecular complexity index is 217. The highest BCUT2D eigenvalue weighted by Gasteiger charge is 2.13. The van der Waals surface area contributed by atoms with Crippen molar-refractivity contribution in [1.29, 1.82) is 0 Å². The van der Waals surface area contributed by atoms with Gasteiger partial charge in [0, 0.05) is 25.4 Å². The topological polar surface area (TPSA) is 32.3 Å². The number of carbonyl (C=O) groups excluding carboxylic acids is 1. The quantitative estimate of drug-likeness (QED) is 0.685. The van der Waals surface area contributed by atoms with Crippen LogP contribution in [-0.2, 0) is 4.79 Å². The summed E-state index contributed by atoms with van der Waals surface area (Å²) in [7, 11) is 1.83. The number of likely N-dealkylation sites (tertiary alicyclic amines) is 1. The molecule has 0 aliphatic carbocycles. The van der Waals surface area contributed by atoms with Crippen LogP contribution in [0.5, 0.6) is 0 Å².